The molecule has 1 unspecified atom stereocenters. The van der Waals surface area contributed by atoms with Gasteiger partial charge in [0.1, 0.15) is 5.82 Å². The van der Waals surface area contributed by atoms with E-state index in [9.17, 15) is 4.39 Å². The second-order valence-electron chi connectivity index (χ2n) is 4.26. The third kappa shape index (κ3) is 4.19. The Morgan fingerprint density at radius 2 is 2.19 bits per heavy atom. The molecule has 1 atom stereocenters. The van der Waals surface area contributed by atoms with Crippen LogP contribution < -0.4 is 5.73 Å². The maximum atomic E-state index is 13.4. The predicted octanol–water partition coefficient (Wildman–Crippen LogP) is 3.36. The third-order valence-electron chi connectivity index (χ3n) is 2.52. The van der Waals surface area contributed by atoms with E-state index in [2.05, 4.69) is 13.8 Å². The van der Waals surface area contributed by atoms with Gasteiger partial charge in [0.15, 0.2) is 0 Å². The summed E-state index contributed by atoms with van der Waals surface area (Å²) < 4.78 is 18.8. The Hall–Kier alpha value is -1.09. The molecule has 2 nitrogen and oxygen atoms in total. The molecule has 0 fully saturated rings. The fourth-order valence-electron chi connectivity index (χ4n) is 1.63. The molecular formula is C13H20FNO. The van der Waals surface area contributed by atoms with Gasteiger partial charge >= 0.3 is 0 Å². The maximum absolute atomic E-state index is 13.4. The van der Waals surface area contributed by atoms with Crippen LogP contribution in [0.4, 0.5) is 10.1 Å². The van der Waals surface area contributed by atoms with Gasteiger partial charge in [-0.25, -0.2) is 4.39 Å². The van der Waals surface area contributed by atoms with Crippen molar-refractivity contribution in [1.29, 1.82) is 0 Å². The van der Waals surface area contributed by atoms with Gasteiger partial charge in [0.05, 0.1) is 6.61 Å². The molecule has 0 saturated heterocycles. The first kappa shape index (κ1) is 13.0. The van der Waals surface area contributed by atoms with Gasteiger partial charge < -0.3 is 10.5 Å². The fraction of sp³-hybridized carbons (Fsp3) is 0.538. The van der Waals surface area contributed by atoms with Crippen molar-refractivity contribution >= 4 is 5.69 Å². The summed E-state index contributed by atoms with van der Waals surface area (Å²) in [5.74, 6) is 0.241. The summed E-state index contributed by atoms with van der Waals surface area (Å²) in [5, 5.41) is 0. The van der Waals surface area contributed by atoms with Crippen LogP contribution in [0, 0.1) is 11.7 Å². The summed E-state index contributed by atoms with van der Waals surface area (Å²) in [7, 11) is 0. The van der Waals surface area contributed by atoms with Crippen LogP contribution in [0.1, 0.15) is 32.3 Å². The van der Waals surface area contributed by atoms with Crippen LogP contribution in [-0.2, 0) is 11.3 Å². The molecule has 0 aliphatic heterocycles. The number of halogens is 1. The molecule has 0 bridgehead atoms. The lowest BCUT2D eigenvalue weighted by molar-refractivity contribution is 0.0874. The van der Waals surface area contributed by atoms with Gasteiger partial charge in [-0.3, -0.25) is 0 Å². The molecule has 0 spiro atoms. The summed E-state index contributed by atoms with van der Waals surface area (Å²) in [6.07, 6.45) is 2.30. The predicted molar refractivity (Wildman–Crippen MR) is 64.5 cm³/mol. The van der Waals surface area contributed by atoms with Gasteiger partial charge in [-0.2, -0.15) is 0 Å². The minimum atomic E-state index is -0.289. The Balaban J connectivity index is 2.37. The minimum absolute atomic E-state index is 0.289. The number of hydrogen-bond donors (Lipinski definition) is 1. The molecule has 2 N–H and O–H groups in total. The molecule has 0 saturated carbocycles. The normalized spacial score (nSPS) is 12.7. The Bertz CT molecular complexity index is 328. The van der Waals surface area contributed by atoms with E-state index in [1.54, 1.807) is 12.1 Å². The zero-order valence-corrected chi connectivity index (χ0v) is 10.0. The number of rotatable bonds is 6. The number of hydrogen-bond acceptors (Lipinski definition) is 2. The Morgan fingerprint density at radius 1 is 1.44 bits per heavy atom. The van der Waals surface area contributed by atoms with E-state index in [0.29, 0.717) is 30.4 Å². The molecule has 1 aromatic rings. The van der Waals surface area contributed by atoms with Gasteiger partial charge in [-0.05, 0) is 24.5 Å². The smallest absolute Gasteiger partial charge is 0.130 e. The molecule has 1 aromatic carbocycles. The van der Waals surface area contributed by atoms with Gasteiger partial charge in [-0.1, -0.05) is 26.3 Å². The van der Waals surface area contributed by atoms with Crippen LogP contribution in [0.2, 0.25) is 0 Å². The van der Waals surface area contributed by atoms with E-state index in [1.165, 1.54) is 6.07 Å². The maximum Gasteiger partial charge on any atom is 0.130 e. The van der Waals surface area contributed by atoms with Crippen LogP contribution in [-0.4, -0.2) is 6.61 Å². The minimum Gasteiger partial charge on any atom is -0.399 e. The molecule has 1 rings (SSSR count). The zero-order chi connectivity index (χ0) is 12.0. The molecule has 0 amide bonds. The van der Waals surface area contributed by atoms with E-state index < -0.39 is 0 Å². The molecule has 0 heterocycles. The van der Waals surface area contributed by atoms with Gasteiger partial charge in [0, 0.05) is 17.9 Å². The van der Waals surface area contributed by atoms with Crippen LogP contribution in [0.15, 0.2) is 18.2 Å². The van der Waals surface area contributed by atoms with Crippen molar-refractivity contribution in [3.8, 4) is 0 Å². The van der Waals surface area contributed by atoms with Gasteiger partial charge in [0.2, 0.25) is 0 Å². The largest absolute Gasteiger partial charge is 0.399 e. The molecule has 0 aliphatic carbocycles. The number of nitrogen functional groups attached to an aromatic ring is 1. The highest BCUT2D eigenvalue weighted by atomic mass is 19.1. The second-order valence-corrected chi connectivity index (χ2v) is 4.26. The van der Waals surface area contributed by atoms with Gasteiger partial charge in [-0.15, -0.1) is 0 Å². The van der Waals surface area contributed by atoms with E-state index in [-0.39, 0.29) is 5.82 Å². The lowest BCUT2D eigenvalue weighted by atomic mass is 10.1. The van der Waals surface area contributed by atoms with Crippen LogP contribution in [0.5, 0.6) is 0 Å². The molecule has 90 valence electrons. The standard InChI is InChI=1S/C13H20FNO/c1-3-4-10(2)8-16-9-11-5-6-12(15)7-13(11)14/h5-7,10H,3-4,8-9,15H2,1-2H3. The highest BCUT2D eigenvalue weighted by Gasteiger charge is 2.04. The second kappa shape index (κ2) is 6.48. The number of nitrogens with two attached hydrogens (primary N) is 1. The third-order valence-corrected chi connectivity index (χ3v) is 2.52. The fourth-order valence-corrected chi connectivity index (χ4v) is 1.63. The molecule has 0 radical (unpaired) electrons. The highest BCUT2D eigenvalue weighted by Crippen LogP contribution is 2.14. The van der Waals surface area contributed by atoms with E-state index >= 15 is 0 Å². The van der Waals surface area contributed by atoms with Crippen molar-refractivity contribution in [2.75, 3.05) is 12.3 Å². The van der Waals surface area contributed by atoms with Crippen molar-refractivity contribution in [3.63, 3.8) is 0 Å². The first-order valence-electron chi connectivity index (χ1n) is 5.75. The summed E-state index contributed by atoms with van der Waals surface area (Å²) in [6.45, 7) is 5.29. The van der Waals surface area contributed by atoms with Crippen LogP contribution >= 0.6 is 0 Å². The van der Waals surface area contributed by atoms with Gasteiger partial charge in [0.25, 0.3) is 0 Å². The summed E-state index contributed by atoms with van der Waals surface area (Å²) in [6, 6.07) is 4.70. The Kier molecular flexibility index (Phi) is 5.26. The number of benzene rings is 1. The molecule has 0 aliphatic rings. The molecular weight excluding hydrogens is 205 g/mol. The number of anilines is 1. The van der Waals surface area contributed by atoms with Crippen LogP contribution in [0.25, 0.3) is 0 Å². The monoisotopic (exact) mass is 225 g/mol. The molecule has 3 heteroatoms. The quantitative estimate of drug-likeness (QED) is 0.753. The average Bonchev–Trinajstić information content (AvgIpc) is 2.22. The van der Waals surface area contributed by atoms with Crippen molar-refractivity contribution in [2.24, 2.45) is 5.92 Å². The number of ether oxygens (including phenoxy) is 1. The van der Waals surface area contributed by atoms with Crippen molar-refractivity contribution in [2.45, 2.75) is 33.3 Å². The Morgan fingerprint density at radius 3 is 2.81 bits per heavy atom. The first-order chi connectivity index (χ1) is 7.63. The summed E-state index contributed by atoms with van der Waals surface area (Å²) in [5.41, 5.74) is 6.48. The first-order valence-corrected chi connectivity index (χ1v) is 5.75. The lowest BCUT2D eigenvalue weighted by Crippen LogP contribution is -2.06. The lowest BCUT2D eigenvalue weighted by Gasteiger charge is -2.11. The van der Waals surface area contributed by atoms with E-state index in [4.69, 9.17) is 10.5 Å². The average molecular weight is 225 g/mol. The Labute approximate surface area is 96.6 Å². The molecule has 0 aromatic heterocycles. The SMILES string of the molecule is CCCC(C)COCc1ccc(N)cc1F. The van der Waals surface area contributed by atoms with E-state index in [1.807, 2.05) is 0 Å². The van der Waals surface area contributed by atoms with Crippen molar-refractivity contribution in [1.82, 2.24) is 0 Å². The summed E-state index contributed by atoms with van der Waals surface area (Å²) in [4.78, 5) is 0. The van der Waals surface area contributed by atoms with Crippen molar-refractivity contribution < 1.29 is 9.13 Å². The zero-order valence-electron chi connectivity index (χ0n) is 10.0. The summed E-state index contributed by atoms with van der Waals surface area (Å²) >= 11 is 0. The topological polar surface area (TPSA) is 35.2 Å². The van der Waals surface area contributed by atoms with Crippen LogP contribution in [0.3, 0.4) is 0 Å². The highest BCUT2D eigenvalue weighted by molar-refractivity contribution is 5.40. The molecule has 16 heavy (non-hydrogen) atoms. The van der Waals surface area contributed by atoms with E-state index in [0.717, 1.165) is 12.8 Å². The van der Waals surface area contributed by atoms with Crippen molar-refractivity contribution in [3.05, 3.63) is 29.6 Å².